The van der Waals surface area contributed by atoms with Gasteiger partial charge in [0.15, 0.2) is 0 Å². The van der Waals surface area contributed by atoms with E-state index in [2.05, 4.69) is 42.3 Å². The average Bonchev–Trinajstić information content (AvgIpc) is 2.18. The van der Waals surface area contributed by atoms with Gasteiger partial charge in [-0.05, 0) is 19.1 Å². The van der Waals surface area contributed by atoms with Gasteiger partial charge in [-0.2, -0.15) is 11.8 Å². The first-order valence-corrected chi connectivity index (χ1v) is 6.65. The fourth-order valence-corrected chi connectivity index (χ4v) is 1.80. The monoisotopic (exact) mass is 232 g/mol. The first-order chi connectivity index (χ1) is 7.02. The third-order valence-electron chi connectivity index (χ3n) is 2.14. The number of rotatable bonds is 5. The first kappa shape index (κ1) is 14.6. The van der Waals surface area contributed by atoms with Crippen LogP contribution in [0, 0.1) is 5.92 Å². The van der Waals surface area contributed by atoms with Crippen LogP contribution in [0.1, 0.15) is 20.8 Å². The predicted octanol–water partition coefficient (Wildman–Crippen LogP) is 1.15. The number of hydrogen-bond donors (Lipinski definition) is 2. The van der Waals surface area contributed by atoms with Gasteiger partial charge in [0, 0.05) is 25.4 Å². The fourth-order valence-electron chi connectivity index (χ4n) is 1.09. The summed E-state index contributed by atoms with van der Waals surface area (Å²) in [6.45, 7) is 7.25. The lowest BCUT2D eigenvalue weighted by atomic mass is 10.2. The van der Waals surface area contributed by atoms with Crippen LogP contribution in [0.15, 0.2) is 4.99 Å². The van der Waals surface area contributed by atoms with Gasteiger partial charge < -0.3 is 4.90 Å². The molecule has 1 unspecified atom stereocenters. The van der Waals surface area contributed by atoms with Crippen LogP contribution in [0.4, 0.5) is 0 Å². The molecule has 0 saturated heterocycles. The van der Waals surface area contributed by atoms with Gasteiger partial charge in [0.25, 0.3) is 0 Å². The summed E-state index contributed by atoms with van der Waals surface area (Å²) in [5, 5.41) is 0. The van der Waals surface area contributed by atoms with Gasteiger partial charge in [0.1, 0.15) is 0 Å². The van der Waals surface area contributed by atoms with Gasteiger partial charge in [-0.15, -0.1) is 0 Å². The summed E-state index contributed by atoms with van der Waals surface area (Å²) >= 11 is 1.83. The van der Waals surface area contributed by atoms with E-state index in [0.29, 0.717) is 12.0 Å². The number of nitrogens with one attached hydrogen (secondary N) is 1. The maximum Gasteiger partial charge on any atom is 0.208 e. The number of aliphatic imine (C=N–C) groups is 1. The highest BCUT2D eigenvalue weighted by molar-refractivity contribution is 7.98. The molecular weight excluding hydrogens is 208 g/mol. The van der Waals surface area contributed by atoms with Gasteiger partial charge in [-0.3, -0.25) is 10.4 Å². The Labute approximate surface area is 97.7 Å². The molecule has 1 atom stereocenters. The van der Waals surface area contributed by atoms with Crippen LogP contribution in [0.3, 0.4) is 0 Å². The Hall–Kier alpha value is -0.420. The van der Waals surface area contributed by atoms with Gasteiger partial charge in [0.2, 0.25) is 5.96 Å². The Morgan fingerprint density at radius 3 is 2.47 bits per heavy atom. The second-order valence-corrected chi connectivity index (χ2v) is 5.03. The SMILES string of the molecule is CSCC(C)N(C)C(=NCC(C)C)NN. The molecule has 0 amide bonds. The second kappa shape index (κ2) is 7.82. The summed E-state index contributed by atoms with van der Waals surface area (Å²) in [4.78, 5) is 6.52. The zero-order valence-corrected chi connectivity index (χ0v) is 11.3. The van der Waals surface area contributed by atoms with Crippen molar-refractivity contribution < 1.29 is 0 Å². The molecule has 0 bridgehead atoms. The van der Waals surface area contributed by atoms with Gasteiger partial charge in [-0.1, -0.05) is 13.8 Å². The zero-order valence-electron chi connectivity index (χ0n) is 10.4. The molecule has 0 spiro atoms. The average molecular weight is 232 g/mol. The fraction of sp³-hybridized carbons (Fsp3) is 0.900. The van der Waals surface area contributed by atoms with Crippen molar-refractivity contribution in [2.45, 2.75) is 26.8 Å². The number of hydrazine groups is 1. The Balaban J connectivity index is 4.31. The van der Waals surface area contributed by atoms with Gasteiger partial charge >= 0.3 is 0 Å². The minimum Gasteiger partial charge on any atom is -0.341 e. The van der Waals surface area contributed by atoms with E-state index in [0.717, 1.165) is 18.3 Å². The van der Waals surface area contributed by atoms with E-state index in [1.54, 1.807) is 0 Å². The molecule has 4 nitrogen and oxygen atoms in total. The van der Waals surface area contributed by atoms with Crippen molar-refractivity contribution in [2.75, 3.05) is 25.6 Å². The van der Waals surface area contributed by atoms with E-state index in [9.17, 15) is 0 Å². The molecule has 0 aliphatic carbocycles. The summed E-state index contributed by atoms with van der Waals surface area (Å²) in [6, 6.07) is 0.432. The van der Waals surface area contributed by atoms with Gasteiger partial charge in [-0.25, -0.2) is 5.84 Å². The summed E-state index contributed by atoms with van der Waals surface area (Å²) in [6.07, 6.45) is 2.10. The zero-order chi connectivity index (χ0) is 11.8. The summed E-state index contributed by atoms with van der Waals surface area (Å²) in [5.74, 6) is 7.86. The Morgan fingerprint density at radius 2 is 2.07 bits per heavy atom. The van der Waals surface area contributed by atoms with Crippen LogP contribution < -0.4 is 11.3 Å². The van der Waals surface area contributed by atoms with E-state index >= 15 is 0 Å². The molecule has 0 rings (SSSR count). The molecule has 0 aliphatic rings. The van der Waals surface area contributed by atoms with Crippen LogP contribution in [0.5, 0.6) is 0 Å². The Morgan fingerprint density at radius 1 is 1.47 bits per heavy atom. The van der Waals surface area contributed by atoms with Crippen LogP contribution in [-0.4, -0.2) is 42.5 Å². The highest BCUT2D eigenvalue weighted by atomic mass is 32.2. The molecule has 0 fully saturated rings. The highest BCUT2D eigenvalue weighted by Gasteiger charge is 2.12. The molecule has 5 heteroatoms. The second-order valence-electron chi connectivity index (χ2n) is 4.12. The first-order valence-electron chi connectivity index (χ1n) is 5.25. The normalized spacial score (nSPS) is 14.2. The molecule has 0 radical (unpaired) electrons. The summed E-state index contributed by atoms with van der Waals surface area (Å²) < 4.78 is 0. The standard InChI is InChI=1S/C10H24N4S/c1-8(2)6-12-10(13-11)14(4)9(3)7-15-5/h8-9H,6-7,11H2,1-5H3,(H,12,13). The van der Waals surface area contributed by atoms with Crippen molar-refractivity contribution in [3.05, 3.63) is 0 Å². The third-order valence-corrected chi connectivity index (χ3v) is 2.95. The minimum atomic E-state index is 0.432. The van der Waals surface area contributed by atoms with Crippen molar-refractivity contribution in [2.24, 2.45) is 16.8 Å². The predicted molar refractivity (Wildman–Crippen MR) is 70.1 cm³/mol. The molecular formula is C10H24N4S. The summed E-state index contributed by atoms with van der Waals surface area (Å²) in [7, 11) is 2.01. The molecule has 0 aromatic carbocycles. The molecule has 3 N–H and O–H groups in total. The van der Waals surface area contributed by atoms with Crippen molar-refractivity contribution >= 4 is 17.7 Å². The molecule has 0 aromatic heterocycles. The number of thioether (sulfide) groups is 1. The molecule has 0 aliphatic heterocycles. The van der Waals surface area contributed by atoms with E-state index in [-0.39, 0.29) is 0 Å². The Kier molecular flexibility index (Phi) is 7.60. The number of guanidine groups is 1. The quantitative estimate of drug-likeness (QED) is 0.323. The van der Waals surface area contributed by atoms with Crippen molar-refractivity contribution in [3.8, 4) is 0 Å². The molecule has 0 heterocycles. The highest BCUT2D eigenvalue weighted by Crippen LogP contribution is 2.04. The molecule has 15 heavy (non-hydrogen) atoms. The lowest BCUT2D eigenvalue weighted by Gasteiger charge is -2.27. The number of nitrogens with two attached hydrogens (primary N) is 1. The Bertz CT molecular complexity index is 194. The number of nitrogens with zero attached hydrogens (tertiary/aromatic N) is 2. The van der Waals surface area contributed by atoms with E-state index in [1.807, 2.05) is 18.8 Å². The lowest BCUT2D eigenvalue weighted by molar-refractivity contribution is 0.405. The summed E-state index contributed by atoms with van der Waals surface area (Å²) in [5.41, 5.74) is 2.66. The van der Waals surface area contributed by atoms with E-state index in [4.69, 9.17) is 5.84 Å². The molecule has 0 aromatic rings. The topological polar surface area (TPSA) is 53.6 Å². The van der Waals surface area contributed by atoms with Crippen molar-refractivity contribution in [1.29, 1.82) is 0 Å². The van der Waals surface area contributed by atoms with Crippen LogP contribution >= 0.6 is 11.8 Å². The largest absolute Gasteiger partial charge is 0.341 e. The van der Waals surface area contributed by atoms with Gasteiger partial charge in [0.05, 0.1) is 0 Å². The maximum absolute atomic E-state index is 5.46. The van der Waals surface area contributed by atoms with E-state index < -0.39 is 0 Å². The number of hydrogen-bond acceptors (Lipinski definition) is 3. The van der Waals surface area contributed by atoms with Crippen LogP contribution in [0.2, 0.25) is 0 Å². The van der Waals surface area contributed by atoms with Crippen LogP contribution in [0.25, 0.3) is 0 Å². The molecule has 0 saturated carbocycles. The van der Waals surface area contributed by atoms with E-state index in [1.165, 1.54) is 0 Å². The third kappa shape index (κ3) is 5.89. The smallest absolute Gasteiger partial charge is 0.208 e. The van der Waals surface area contributed by atoms with Crippen molar-refractivity contribution in [1.82, 2.24) is 10.3 Å². The maximum atomic E-state index is 5.46. The lowest BCUT2D eigenvalue weighted by Crippen LogP contribution is -2.47. The minimum absolute atomic E-state index is 0.432. The molecule has 90 valence electrons. The van der Waals surface area contributed by atoms with Crippen molar-refractivity contribution in [3.63, 3.8) is 0 Å². The van der Waals surface area contributed by atoms with Crippen LogP contribution in [-0.2, 0) is 0 Å².